The lowest BCUT2D eigenvalue weighted by molar-refractivity contribution is -0.130. The molecule has 27 heavy (non-hydrogen) atoms. The van der Waals surface area contributed by atoms with Crippen molar-refractivity contribution >= 4 is 44.9 Å². The van der Waals surface area contributed by atoms with Crippen LogP contribution in [0.5, 0.6) is 5.75 Å². The Kier molecular flexibility index (Phi) is 5.98. The van der Waals surface area contributed by atoms with Crippen LogP contribution in [0.4, 0.5) is 0 Å². The fourth-order valence-electron chi connectivity index (χ4n) is 2.40. The predicted molar refractivity (Wildman–Crippen MR) is 107 cm³/mol. The maximum atomic E-state index is 12.5. The van der Waals surface area contributed by atoms with E-state index in [0.717, 1.165) is 15.0 Å². The Morgan fingerprint density at radius 1 is 1.07 bits per heavy atom. The van der Waals surface area contributed by atoms with Gasteiger partial charge < -0.3 is 14.4 Å². The van der Waals surface area contributed by atoms with Gasteiger partial charge in [-0.3, -0.25) is 4.79 Å². The third kappa shape index (κ3) is 4.40. The summed E-state index contributed by atoms with van der Waals surface area (Å²) in [5, 5.41) is 1.55. The molecule has 0 aliphatic rings. The van der Waals surface area contributed by atoms with Crippen LogP contribution in [0.3, 0.4) is 0 Å². The Morgan fingerprint density at radius 2 is 1.78 bits per heavy atom. The summed E-state index contributed by atoms with van der Waals surface area (Å²) in [7, 11) is 3.28. The number of carbonyl (C=O) groups excluding carboxylic acids is 2. The molecule has 0 bridgehead atoms. The summed E-state index contributed by atoms with van der Waals surface area (Å²) in [6, 6.07) is 14.4. The number of carbonyl (C=O) groups is 2. The van der Waals surface area contributed by atoms with E-state index >= 15 is 0 Å². The van der Waals surface area contributed by atoms with Gasteiger partial charge in [-0.25, -0.2) is 4.79 Å². The Hall–Kier alpha value is -2.57. The molecule has 0 saturated carbocycles. The number of fused-ring (bicyclic) bond motifs is 1. The molecule has 0 aliphatic heterocycles. The summed E-state index contributed by atoms with van der Waals surface area (Å²) >= 11 is 7.88. The number of hydrogen-bond acceptors (Lipinski definition) is 5. The van der Waals surface area contributed by atoms with E-state index in [1.54, 1.807) is 38.4 Å². The van der Waals surface area contributed by atoms with Crippen LogP contribution in [-0.2, 0) is 16.1 Å². The normalized spacial score (nSPS) is 10.6. The number of likely N-dealkylation sites (N-methyl/N-ethyl adjacent to an activating group) is 1. The van der Waals surface area contributed by atoms with Crippen molar-refractivity contribution in [2.75, 3.05) is 20.7 Å². The van der Waals surface area contributed by atoms with E-state index in [-0.39, 0.29) is 24.7 Å². The van der Waals surface area contributed by atoms with Crippen LogP contribution in [0.15, 0.2) is 48.5 Å². The van der Waals surface area contributed by atoms with Crippen molar-refractivity contribution in [1.29, 1.82) is 0 Å². The number of halogens is 1. The Labute approximate surface area is 166 Å². The third-order valence-corrected chi connectivity index (χ3v) is 5.58. The molecule has 7 heteroatoms. The van der Waals surface area contributed by atoms with Crippen LogP contribution < -0.4 is 4.74 Å². The number of amides is 1. The third-order valence-electron chi connectivity index (χ3n) is 3.89. The summed E-state index contributed by atoms with van der Waals surface area (Å²) in [5.74, 6) is -0.424. The molecule has 0 N–H and O–H groups in total. The average molecular weight is 404 g/mol. The molecule has 2 aromatic carbocycles. The first-order valence-electron chi connectivity index (χ1n) is 8.22. The minimum absolute atomic E-state index is 0.0714. The van der Waals surface area contributed by atoms with Gasteiger partial charge >= 0.3 is 5.97 Å². The summed E-state index contributed by atoms with van der Waals surface area (Å²) in [5.41, 5.74) is 0.265. The Morgan fingerprint density at radius 3 is 2.52 bits per heavy atom. The molecule has 5 nitrogen and oxygen atoms in total. The highest BCUT2D eigenvalue weighted by molar-refractivity contribution is 7.19. The number of ether oxygens (including phenoxy) is 2. The molecule has 0 saturated heterocycles. The summed E-state index contributed by atoms with van der Waals surface area (Å²) < 4.78 is 12.0. The molecule has 0 unspecified atom stereocenters. The standard InChI is InChI=1S/C20H18ClNO4S/c1-22(2)18(23)12-25-15-9-5-3-7-13(15)20(24)26-11-17-19(21)14-8-4-6-10-16(14)27-17/h3-10H,11-12H2,1-2H3. The minimum atomic E-state index is -0.531. The molecule has 0 radical (unpaired) electrons. The van der Waals surface area contributed by atoms with Crippen LogP contribution in [0, 0.1) is 0 Å². The van der Waals surface area contributed by atoms with E-state index in [1.807, 2.05) is 24.3 Å². The van der Waals surface area contributed by atoms with Crippen molar-refractivity contribution in [2.45, 2.75) is 6.61 Å². The summed E-state index contributed by atoms with van der Waals surface area (Å²) in [6.07, 6.45) is 0. The zero-order valence-electron chi connectivity index (χ0n) is 14.9. The molecule has 0 spiro atoms. The van der Waals surface area contributed by atoms with E-state index in [9.17, 15) is 9.59 Å². The number of benzene rings is 2. The van der Waals surface area contributed by atoms with Crippen LogP contribution in [0.1, 0.15) is 15.2 Å². The number of rotatable bonds is 6. The van der Waals surface area contributed by atoms with Gasteiger partial charge in [0.1, 0.15) is 17.9 Å². The van der Waals surface area contributed by atoms with Crippen molar-refractivity contribution in [1.82, 2.24) is 4.90 Å². The van der Waals surface area contributed by atoms with E-state index in [2.05, 4.69) is 0 Å². The van der Waals surface area contributed by atoms with Gasteiger partial charge in [0.2, 0.25) is 0 Å². The van der Waals surface area contributed by atoms with Gasteiger partial charge in [0.25, 0.3) is 5.91 Å². The SMILES string of the molecule is CN(C)C(=O)COc1ccccc1C(=O)OCc1sc2ccccc2c1Cl. The van der Waals surface area contributed by atoms with Crippen LogP contribution in [0.25, 0.3) is 10.1 Å². The fraction of sp³-hybridized carbons (Fsp3) is 0.200. The first kappa shape index (κ1) is 19.2. The lowest BCUT2D eigenvalue weighted by Gasteiger charge is -2.13. The number of para-hydroxylation sites is 1. The number of esters is 1. The van der Waals surface area contributed by atoms with Crippen molar-refractivity contribution in [2.24, 2.45) is 0 Å². The Balaban J connectivity index is 1.70. The average Bonchev–Trinajstić information content (AvgIpc) is 3.00. The minimum Gasteiger partial charge on any atom is -0.483 e. The zero-order chi connectivity index (χ0) is 19.4. The molecule has 1 aromatic heterocycles. The van der Waals surface area contributed by atoms with Crippen molar-refractivity contribution in [3.63, 3.8) is 0 Å². The highest BCUT2D eigenvalue weighted by Crippen LogP contribution is 2.35. The van der Waals surface area contributed by atoms with Crippen LogP contribution in [0.2, 0.25) is 5.02 Å². The van der Waals surface area contributed by atoms with Gasteiger partial charge in [-0.1, -0.05) is 41.9 Å². The number of hydrogen-bond donors (Lipinski definition) is 0. The molecule has 0 atom stereocenters. The predicted octanol–water partition coefficient (Wildman–Crippen LogP) is 4.38. The first-order chi connectivity index (χ1) is 13.0. The second-order valence-electron chi connectivity index (χ2n) is 5.98. The highest BCUT2D eigenvalue weighted by atomic mass is 35.5. The van der Waals surface area contributed by atoms with Crippen LogP contribution >= 0.6 is 22.9 Å². The van der Waals surface area contributed by atoms with E-state index in [0.29, 0.717) is 10.8 Å². The molecule has 3 rings (SSSR count). The van der Waals surface area contributed by atoms with Crippen molar-refractivity contribution in [3.8, 4) is 5.75 Å². The largest absolute Gasteiger partial charge is 0.483 e. The molecule has 140 valence electrons. The molecular formula is C20H18ClNO4S. The van der Waals surface area contributed by atoms with Gasteiger partial charge in [0.15, 0.2) is 6.61 Å². The van der Waals surface area contributed by atoms with Gasteiger partial charge in [0, 0.05) is 24.2 Å². The van der Waals surface area contributed by atoms with Crippen molar-refractivity contribution < 1.29 is 19.1 Å². The molecular weight excluding hydrogens is 386 g/mol. The van der Waals surface area contributed by atoms with Gasteiger partial charge in [-0.2, -0.15) is 0 Å². The maximum Gasteiger partial charge on any atom is 0.342 e. The molecule has 1 heterocycles. The molecule has 3 aromatic rings. The molecule has 1 amide bonds. The first-order valence-corrected chi connectivity index (χ1v) is 9.42. The Bertz CT molecular complexity index is 983. The maximum absolute atomic E-state index is 12.5. The smallest absolute Gasteiger partial charge is 0.342 e. The van der Waals surface area contributed by atoms with Crippen LogP contribution in [-0.4, -0.2) is 37.5 Å². The quantitative estimate of drug-likeness (QED) is 0.573. The van der Waals surface area contributed by atoms with Gasteiger partial charge in [0.05, 0.1) is 9.90 Å². The van der Waals surface area contributed by atoms with E-state index in [4.69, 9.17) is 21.1 Å². The van der Waals surface area contributed by atoms with E-state index in [1.165, 1.54) is 16.2 Å². The second kappa shape index (κ2) is 8.41. The van der Waals surface area contributed by atoms with E-state index < -0.39 is 5.97 Å². The second-order valence-corrected chi connectivity index (χ2v) is 7.50. The molecule has 0 fully saturated rings. The summed E-state index contributed by atoms with van der Waals surface area (Å²) in [4.78, 5) is 26.4. The zero-order valence-corrected chi connectivity index (χ0v) is 16.5. The monoisotopic (exact) mass is 403 g/mol. The fourth-order valence-corrected chi connectivity index (χ4v) is 3.80. The topological polar surface area (TPSA) is 55.8 Å². The highest BCUT2D eigenvalue weighted by Gasteiger charge is 2.17. The lowest BCUT2D eigenvalue weighted by Crippen LogP contribution is -2.27. The van der Waals surface area contributed by atoms with Gasteiger partial charge in [-0.15, -0.1) is 11.3 Å². The molecule has 0 aliphatic carbocycles. The number of nitrogens with zero attached hydrogens (tertiary/aromatic N) is 1. The summed E-state index contributed by atoms with van der Waals surface area (Å²) in [6.45, 7) is -0.0819. The van der Waals surface area contributed by atoms with Crippen molar-refractivity contribution in [3.05, 3.63) is 64.0 Å². The lowest BCUT2D eigenvalue weighted by atomic mass is 10.2. The number of thiophene rings is 1. The van der Waals surface area contributed by atoms with Gasteiger partial charge in [-0.05, 0) is 18.2 Å².